The van der Waals surface area contributed by atoms with Crippen LogP contribution in [0.15, 0.2) is 30.3 Å². The van der Waals surface area contributed by atoms with Crippen LogP contribution in [0.5, 0.6) is 11.6 Å². The van der Waals surface area contributed by atoms with Crippen molar-refractivity contribution in [3.05, 3.63) is 46.9 Å². The molecule has 2 rings (SSSR count). The molecule has 0 saturated carbocycles. The van der Waals surface area contributed by atoms with Crippen LogP contribution in [0.1, 0.15) is 31.2 Å². The highest BCUT2D eigenvalue weighted by Gasteiger charge is 2.10. The van der Waals surface area contributed by atoms with Crippen molar-refractivity contribution in [1.29, 1.82) is 5.26 Å². The van der Waals surface area contributed by atoms with Crippen LogP contribution in [-0.4, -0.2) is 9.97 Å². The van der Waals surface area contributed by atoms with Crippen LogP contribution in [-0.2, 0) is 0 Å². The molecule has 0 saturated heterocycles. The molecule has 0 radical (unpaired) electrons. The first-order valence-corrected chi connectivity index (χ1v) is 6.19. The average Bonchev–Trinajstić information content (AvgIpc) is 2.38. The van der Waals surface area contributed by atoms with E-state index in [1.54, 1.807) is 24.3 Å². The Labute approximate surface area is 116 Å². The highest BCUT2D eigenvalue weighted by Crippen LogP contribution is 2.26. The summed E-state index contributed by atoms with van der Waals surface area (Å²) in [4.78, 5) is 8.40. The zero-order valence-corrected chi connectivity index (χ0v) is 11.3. The number of para-hydroxylation sites is 1. The lowest BCUT2D eigenvalue weighted by atomic mass is 10.2. The Balaban J connectivity index is 2.36. The lowest BCUT2D eigenvalue weighted by Crippen LogP contribution is -2.00. The third-order valence-corrected chi connectivity index (χ3v) is 2.62. The molecular formula is C14H12ClN3O. The van der Waals surface area contributed by atoms with E-state index in [2.05, 4.69) is 16.0 Å². The van der Waals surface area contributed by atoms with E-state index in [-0.39, 0.29) is 5.92 Å². The van der Waals surface area contributed by atoms with Crippen molar-refractivity contribution in [3.63, 3.8) is 0 Å². The van der Waals surface area contributed by atoms with Crippen molar-refractivity contribution in [2.24, 2.45) is 0 Å². The van der Waals surface area contributed by atoms with Crippen LogP contribution in [0.3, 0.4) is 0 Å². The number of nitriles is 1. The number of hydrogen-bond donors (Lipinski definition) is 0. The number of halogens is 1. The minimum absolute atomic E-state index is 0.146. The molecular weight excluding hydrogens is 262 g/mol. The lowest BCUT2D eigenvalue weighted by molar-refractivity contribution is 0.455. The second kappa shape index (κ2) is 5.68. The van der Waals surface area contributed by atoms with Gasteiger partial charge in [0.05, 0.1) is 5.56 Å². The van der Waals surface area contributed by atoms with Gasteiger partial charge in [0, 0.05) is 12.0 Å². The molecule has 0 aliphatic rings. The van der Waals surface area contributed by atoms with Gasteiger partial charge in [0.25, 0.3) is 0 Å². The van der Waals surface area contributed by atoms with E-state index in [1.165, 1.54) is 6.07 Å². The maximum atomic E-state index is 9.01. The fourth-order valence-electron chi connectivity index (χ4n) is 1.48. The van der Waals surface area contributed by atoms with Crippen LogP contribution < -0.4 is 4.74 Å². The van der Waals surface area contributed by atoms with Gasteiger partial charge in [0.15, 0.2) is 0 Å². The molecule has 0 N–H and O–H groups in total. The van der Waals surface area contributed by atoms with Crippen molar-refractivity contribution >= 4 is 11.6 Å². The van der Waals surface area contributed by atoms with Gasteiger partial charge in [-0.2, -0.15) is 10.2 Å². The Kier molecular flexibility index (Phi) is 3.98. The fraction of sp³-hybridized carbons (Fsp3) is 0.214. The molecule has 0 atom stereocenters. The van der Waals surface area contributed by atoms with E-state index in [9.17, 15) is 0 Å². The second-order valence-electron chi connectivity index (χ2n) is 4.25. The highest BCUT2D eigenvalue weighted by atomic mass is 35.5. The summed E-state index contributed by atoms with van der Waals surface area (Å²) in [5.41, 5.74) is 0.448. The molecule has 5 heteroatoms. The molecule has 1 aromatic carbocycles. The summed E-state index contributed by atoms with van der Waals surface area (Å²) in [6.45, 7) is 3.94. The quantitative estimate of drug-likeness (QED) is 0.795. The zero-order valence-electron chi connectivity index (χ0n) is 10.6. The van der Waals surface area contributed by atoms with E-state index in [0.717, 1.165) is 0 Å². The lowest BCUT2D eigenvalue weighted by Gasteiger charge is -2.09. The second-order valence-corrected chi connectivity index (χ2v) is 4.64. The SMILES string of the molecule is CC(C)c1nc(Cl)cc(Oc2ccccc2C#N)n1. The van der Waals surface area contributed by atoms with E-state index in [4.69, 9.17) is 21.6 Å². The molecule has 0 aliphatic carbocycles. The first-order valence-electron chi connectivity index (χ1n) is 5.81. The summed E-state index contributed by atoms with van der Waals surface area (Å²) in [6, 6.07) is 10.6. The van der Waals surface area contributed by atoms with E-state index < -0.39 is 0 Å². The molecule has 1 heterocycles. The standard InChI is InChI=1S/C14H12ClN3O/c1-9(2)14-17-12(15)7-13(18-14)19-11-6-4-3-5-10(11)8-16/h3-7,9H,1-2H3. The molecule has 96 valence electrons. The molecule has 2 aromatic rings. The molecule has 0 aliphatic heterocycles. The molecule has 0 spiro atoms. The summed E-state index contributed by atoms with van der Waals surface area (Å²) >= 11 is 5.94. The third kappa shape index (κ3) is 3.21. The molecule has 0 amide bonds. The first kappa shape index (κ1) is 13.3. The van der Waals surface area contributed by atoms with Crippen molar-refractivity contribution in [2.45, 2.75) is 19.8 Å². The molecule has 0 fully saturated rings. The summed E-state index contributed by atoms with van der Waals surface area (Å²) < 4.78 is 5.61. The van der Waals surface area contributed by atoms with Crippen molar-refractivity contribution in [1.82, 2.24) is 9.97 Å². The Morgan fingerprint density at radius 2 is 2.00 bits per heavy atom. The Hall–Kier alpha value is -2.12. The Bertz CT molecular complexity index is 635. The maximum absolute atomic E-state index is 9.01. The summed E-state index contributed by atoms with van der Waals surface area (Å²) in [6.07, 6.45) is 0. The first-order chi connectivity index (χ1) is 9.10. The number of ether oxygens (including phenoxy) is 1. The van der Waals surface area contributed by atoms with E-state index in [0.29, 0.717) is 28.2 Å². The van der Waals surface area contributed by atoms with Crippen molar-refractivity contribution < 1.29 is 4.74 Å². The van der Waals surface area contributed by atoms with Gasteiger partial charge in [0.2, 0.25) is 5.88 Å². The van der Waals surface area contributed by atoms with Crippen LogP contribution in [0.4, 0.5) is 0 Å². The normalized spacial score (nSPS) is 10.3. The van der Waals surface area contributed by atoms with Gasteiger partial charge < -0.3 is 4.74 Å². The largest absolute Gasteiger partial charge is 0.437 e. The zero-order chi connectivity index (χ0) is 13.8. The number of nitrogens with zero attached hydrogens (tertiary/aromatic N) is 3. The van der Waals surface area contributed by atoms with Gasteiger partial charge in [-0.15, -0.1) is 0 Å². The van der Waals surface area contributed by atoms with Gasteiger partial charge in [0.1, 0.15) is 22.8 Å². The summed E-state index contributed by atoms with van der Waals surface area (Å²) in [7, 11) is 0. The molecule has 19 heavy (non-hydrogen) atoms. The van der Waals surface area contributed by atoms with Crippen molar-refractivity contribution in [2.75, 3.05) is 0 Å². The predicted molar refractivity (Wildman–Crippen MR) is 72.4 cm³/mol. The molecule has 1 aromatic heterocycles. The van der Waals surface area contributed by atoms with Crippen LogP contribution in [0, 0.1) is 11.3 Å². The summed E-state index contributed by atoms with van der Waals surface area (Å²) in [5.74, 6) is 1.55. The fourth-order valence-corrected chi connectivity index (χ4v) is 1.66. The van der Waals surface area contributed by atoms with Crippen LogP contribution in [0.2, 0.25) is 5.15 Å². The van der Waals surface area contributed by atoms with Gasteiger partial charge in [-0.05, 0) is 12.1 Å². The number of rotatable bonds is 3. The smallest absolute Gasteiger partial charge is 0.224 e. The third-order valence-electron chi connectivity index (χ3n) is 2.43. The Morgan fingerprint density at radius 3 is 2.68 bits per heavy atom. The van der Waals surface area contributed by atoms with Crippen molar-refractivity contribution in [3.8, 4) is 17.7 Å². The number of benzene rings is 1. The molecule has 0 bridgehead atoms. The average molecular weight is 274 g/mol. The van der Waals surface area contributed by atoms with Gasteiger partial charge >= 0.3 is 0 Å². The number of aromatic nitrogens is 2. The van der Waals surface area contributed by atoms with E-state index in [1.807, 2.05) is 13.8 Å². The molecule has 4 nitrogen and oxygen atoms in total. The Morgan fingerprint density at radius 1 is 1.26 bits per heavy atom. The van der Waals surface area contributed by atoms with Gasteiger partial charge in [-0.3, -0.25) is 0 Å². The monoisotopic (exact) mass is 273 g/mol. The topological polar surface area (TPSA) is 58.8 Å². The van der Waals surface area contributed by atoms with E-state index >= 15 is 0 Å². The number of hydrogen-bond acceptors (Lipinski definition) is 4. The van der Waals surface area contributed by atoms with Gasteiger partial charge in [-0.25, -0.2) is 4.98 Å². The predicted octanol–water partition coefficient (Wildman–Crippen LogP) is 3.92. The maximum Gasteiger partial charge on any atom is 0.224 e. The minimum Gasteiger partial charge on any atom is -0.437 e. The van der Waals surface area contributed by atoms with Crippen LogP contribution in [0.25, 0.3) is 0 Å². The van der Waals surface area contributed by atoms with Gasteiger partial charge in [-0.1, -0.05) is 37.6 Å². The minimum atomic E-state index is 0.146. The highest BCUT2D eigenvalue weighted by molar-refractivity contribution is 6.29. The van der Waals surface area contributed by atoms with Crippen LogP contribution >= 0.6 is 11.6 Å². The molecule has 0 unspecified atom stereocenters. The summed E-state index contributed by atoms with van der Waals surface area (Å²) in [5, 5.41) is 9.33.